The molecule has 1 radical (unpaired) electrons. The summed E-state index contributed by atoms with van der Waals surface area (Å²) in [5, 5.41) is 0. The van der Waals surface area contributed by atoms with Crippen molar-refractivity contribution in [2.24, 2.45) is 0 Å². The van der Waals surface area contributed by atoms with E-state index in [0.29, 0.717) is 22.4 Å². The van der Waals surface area contributed by atoms with Gasteiger partial charge in [-0.3, -0.25) is 0 Å². The summed E-state index contributed by atoms with van der Waals surface area (Å²) >= 11 is 0. The number of rotatable bonds is 4. The van der Waals surface area contributed by atoms with Crippen LogP contribution in [-0.4, -0.2) is 16.7 Å². The molecule has 0 bridgehead atoms. The van der Waals surface area contributed by atoms with Gasteiger partial charge in [0.05, 0.1) is 0 Å². The normalized spacial score (nSPS) is 13.7. The Morgan fingerprint density at radius 2 is 1.28 bits per heavy atom. The van der Waals surface area contributed by atoms with Gasteiger partial charge in [-0.05, 0) is 70.2 Å². The van der Waals surface area contributed by atoms with Crippen molar-refractivity contribution in [3.05, 3.63) is 187 Å². The molecule has 0 atom stereocenters. The zero-order valence-electron chi connectivity index (χ0n) is 34.7. The van der Waals surface area contributed by atoms with Gasteiger partial charge in [0.1, 0.15) is 17.2 Å². The van der Waals surface area contributed by atoms with E-state index in [4.69, 9.17) is 17.7 Å². The van der Waals surface area contributed by atoms with E-state index in [1.807, 2.05) is 115 Å². The second-order valence-corrected chi connectivity index (χ2v) is 12.7. The van der Waals surface area contributed by atoms with Gasteiger partial charge in [-0.1, -0.05) is 121 Å². The minimum absolute atomic E-state index is 0. The Hall–Kier alpha value is -6.07. The minimum Gasteiger partial charge on any atom is -0.503 e. The number of pyridine rings is 2. The first-order chi connectivity index (χ1) is 28.5. The molecule has 0 N–H and O–H groups in total. The molecular formula is C48H33BIrN2O2-2. The van der Waals surface area contributed by atoms with E-state index in [-0.39, 0.29) is 37.9 Å². The first-order valence-electron chi connectivity index (χ1n) is 20.3. The standard InChI is InChI=1S/C25H20N.C23H13BNO2.Ir/c1-18-13-14-22(15-23(18)20-9-5-3-6-10-20)25-16-24(19(2)17-26-25)21-11-7-4-8-12-21;1-2-11-19-16(8-1)24-17-9-5-7-15(18-10-3-4-14-25-18)23(17)27-21-13-6-12-20(26-19)22(21)24;/h3-13,15-17H,1-2H3;1-6,8-14H;/q2*-1;/i1D3,2D3;;. The number of aromatic nitrogens is 2. The summed E-state index contributed by atoms with van der Waals surface area (Å²) in [5.74, 6) is 3.40. The molecule has 54 heavy (non-hydrogen) atoms. The quantitative estimate of drug-likeness (QED) is 0.131. The molecule has 8 aromatic rings. The van der Waals surface area contributed by atoms with Gasteiger partial charge >= 0.3 is 0 Å². The van der Waals surface area contributed by atoms with Crippen LogP contribution in [0.2, 0.25) is 0 Å². The van der Waals surface area contributed by atoms with Crippen molar-refractivity contribution >= 4 is 23.1 Å². The average Bonchev–Trinajstić information content (AvgIpc) is 3.26. The number of hydrogen-bond donors (Lipinski definition) is 0. The van der Waals surface area contributed by atoms with Crippen molar-refractivity contribution < 1.29 is 37.8 Å². The number of aryl methyl sites for hydroxylation is 2. The number of fused-ring (bicyclic) bond motifs is 4. The predicted molar refractivity (Wildman–Crippen MR) is 215 cm³/mol. The number of benzene rings is 6. The van der Waals surface area contributed by atoms with Crippen molar-refractivity contribution in [3.8, 4) is 67.8 Å². The largest absolute Gasteiger partial charge is 0.503 e. The SMILES string of the molecule is [2H]C([2H])([2H])c1c[c-]c(-c2cc(-c3ccccc3)c(C([2H])([2H])[2H])cn2)cc1-c1ccccc1.[Ir].[c-]1ccc2c(c1-c1ccccn1)Oc1cccc3c1B2c1ccccc1O3. The summed E-state index contributed by atoms with van der Waals surface area (Å²) < 4.78 is 60.0. The maximum atomic E-state index is 7.92. The number of hydrogen-bond acceptors (Lipinski definition) is 4. The fraction of sp³-hybridized carbons (Fsp3) is 0.0417. The van der Waals surface area contributed by atoms with Crippen LogP contribution < -0.4 is 25.9 Å². The van der Waals surface area contributed by atoms with E-state index in [2.05, 4.69) is 40.3 Å². The first-order valence-corrected chi connectivity index (χ1v) is 17.3. The summed E-state index contributed by atoms with van der Waals surface area (Å²) in [7, 11) is 0. The van der Waals surface area contributed by atoms with E-state index in [1.54, 1.807) is 18.3 Å². The van der Waals surface area contributed by atoms with Crippen LogP contribution in [0.1, 0.15) is 19.4 Å². The second kappa shape index (κ2) is 15.1. The van der Waals surface area contributed by atoms with E-state index in [0.717, 1.165) is 61.8 Å². The molecular weight excluding hydrogens is 840 g/mol. The maximum absolute atomic E-state index is 7.92. The van der Waals surface area contributed by atoms with Crippen LogP contribution in [0.4, 0.5) is 0 Å². The summed E-state index contributed by atoms with van der Waals surface area (Å²) in [5.41, 5.74) is 9.24. The van der Waals surface area contributed by atoms with E-state index in [9.17, 15) is 0 Å². The molecule has 261 valence electrons. The third-order valence-corrected chi connectivity index (χ3v) is 9.49. The third-order valence-electron chi connectivity index (χ3n) is 9.49. The smallest absolute Gasteiger partial charge is 0.241 e. The second-order valence-electron chi connectivity index (χ2n) is 12.7. The molecule has 2 aliphatic heterocycles. The van der Waals surface area contributed by atoms with Crippen molar-refractivity contribution in [2.75, 3.05) is 0 Å². The molecule has 6 aromatic carbocycles. The van der Waals surface area contributed by atoms with Crippen molar-refractivity contribution in [3.63, 3.8) is 0 Å². The monoisotopic (exact) mass is 879 g/mol. The Morgan fingerprint density at radius 3 is 2.02 bits per heavy atom. The van der Waals surface area contributed by atoms with E-state index < -0.39 is 13.7 Å². The summed E-state index contributed by atoms with van der Waals surface area (Å²) in [4.78, 5) is 8.90. The van der Waals surface area contributed by atoms with Gasteiger partial charge in [0.15, 0.2) is 0 Å². The van der Waals surface area contributed by atoms with Gasteiger partial charge < -0.3 is 19.4 Å². The number of ether oxygens (including phenoxy) is 2. The molecule has 0 saturated heterocycles. The fourth-order valence-corrected chi connectivity index (χ4v) is 7.00. The van der Waals surface area contributed by atoms with Gasteiger partial charge in [-0.25, -0.2) is 0 Å². The molecule has 0 saturated carbocycles. The molecule has 10 rings (SSSR count). The summed E-state index contributed by atoms with van der Waals surface area (Å²) in [6.07, 6.45) is 3.17. The first kappa shape index (κ1) is 28.4. The Kier molecular flexibility index (Phi) is 7.96. The predicted octanol–water partition coefficient (Wildman–Crippen LogP) is 9.77. The minimum atomic E-state index is -2.32. The Bertz CT molecular complexity index is 2720. The Balaban J connectivity index is 0.000000165. The molecule has 0 aliphatic carbocycles. The van der Waals surface area contributed by atoms with Crippen LogP contribution in [-0.2, 0) is 20.1 Å². The van der Waals surface area contributed by atoms with E-state index >= 15 is 0 Å². The topological polar surface area (TPSA) is 44.2 Å². The van der Waals surface area contributed by atoms with Crippen molar-refractivity contribution in [1.29, 1.82) is 0 Å². The number of para-hydroxylation sites is 1. The fourth-order valence-electron chi connectivity index (χ4n) is 7.00. The molecule has 0 spiro atoms. The molecule has 4 heterocycles. The number of nitrogens with zero attached hydrogens (tertiary/aromatic N) is 2. The van der Waals surface area contributed by atoms with Crippen LogP contribution in [0.5, 0.6) is 23.0 Å². The summed E-state index contributed by atoms with van der Waals surface area (Å²) in [6.45, 7) is -4.55. The zero-order chi connectivity index (χ0) is 40.7. The summed E-state index contributed by atoms with van der Waals surface area (Å²) in [6, 6.07) is 54.0. The van der Waals surface area contributed by atoms with Crippen LogP contribution in [0, 0.1) is 25.8 Å². The van der Waals surface area contributed by atoms with Crippen LogP contribution >= 0.6 is 0 Å². The molecule has 0 amide bonds. The van der Waals surface area contributed by atoms with Crippen LogP contribution in [0.25, 0.3) is 44.8 Å². The van der Waals surface area contributed by atoms with Crippen molar-refractivity contribution in [2.45, 2.75) is 13.7 Å². The molecule has 0 fully saturated rings. The van der Waals surface area contributed by atoms with E-state index in [1.165, 1.54) is 12.3 Å². The van der Waals surface area contributed by atoms with Gasteiger partial charge in [0, 0.05) is 51.9 Å². The molecule has 2 aromatic heterocycles. The third kappa shape index (κ3) is 6.56. The zero-order valence-corrected chi connectivity index (χ0v) is 31.1. The molecule has 2 aliphatic rings. The Morgan fingerprint density at radius 1 is 0.593 bits per heavy atom. The van der Waals surface area contributed by atoms with Crippen LogP contribution in [0.15, 0.2) is 164 Å². The molecule has 4 nitrogen and oxygen atoms in total. The average molecular weight is 879 g/mol. The van der Waals surface area contributed by atoms with Gasteiger partial charge in [-0.15, -0.1) is 53.0 Å². The van der Waals surface area contributed by atoms with Gasteiger partial charge in [0.25, 0.3) is 0 Å². The van der Waals surface area contributed by atoms with Crippen molar-refractivity contribution in [1.82, 2.24) is 9.97 Å². The molecule has 0 unspecified atom stereocenters. The molecule has 6 heteroatoms. The maximum Gasteiger partial charge on any atom is 0.241 e. The van der Waals surface area contributed by atoms with Gasteiger partial charge in [-0.2, -0.15) is 0 Å². The van der Waals surface area contributed by atoms with Crippen LogP contribution in [0.3, 0.4) is 0 Å². The van der Waals surface area contributed by atoms with Gasteiger partial charge in [0.2, 0.25) is 6.71 Å². The Labute approximate surface area is 338 Å².